The molecule has 21 heavy (non-hydrogen) atoms. The predicted molar refractivity (Wildman–Crippen MR) is 78.3 cm³/mol. The zero-order chi connectivity index (χ0) is 15.0. The van der Waals surface area contributed by atoms with Crippen LogP contribution in [0.2, 0.25) is 5.02 Å². The van der Waals surface area contributed by atoms with Crippen LogP contribution in [0.5, 0.6) is 5.75 Å². The number of nitrogens with one attached hydrogen (secondary N) is 1. The van der Waals surface area contributed by atoms with Gasteiger partial charge in [-0.1, -0.05) is 18.5 Å². The molecule has 2 aliphatic rings. The number of rotatable bonds is 3. The van der Waals surface area contributed by atoms with E-state index in [2.05, 4.69) is 9.97 Å². The van der Waals surface area contributed by atoms with Crippen molar-refractivity contribution >= 4 is 22.6 Å². The van der Waals surface area contributed by atoms with Gasteiger partial charge in [0, 0.05) is 11.5 Å². The summed E-state index contributed by atoms with van der Waals surface area (Å²) in [4.78, 5) is 28.7. The Bertz CT molecular complexity index is 900. The van der Waals surface area contributed by atoms with E-state index in [0.717, 1.165) is 6.42 Å². The fourth-order valence-corrected chi connectivity index (χ4v) is 2.21. The molecule has 3 rings (SSSR count). The number of hydrogen-bond donors (Lipinski definition) is 1. The Balaban J connectivity index is 2.26. The van der Waals surface area contributed by atoms with Gasteiger partial charge in [-0.2, -0.15) is 4.98 Å². The predicted octanol–water partition coefficient (Wildman–Crippen LogP) is 2.42. The lowest BCUT2D eigenvalue weighted by Gasteiger charge is -2.09. The van der Waals surface area contributed by atoms with Crippen LogP contribution in [0.4, 0.5) is 0 Å². The van der Waals surface area contributed by atoms with E-state index in [1.54, 1.807) is 18.2 Å². The molecule has 0 amide bonds. The van der Waals surface area contributed by atoms with E-state index in [1.165, 1.54) is 0 Å². The molecule has 2 aliphatic heterocycles. The number of fused-ring (bicyclic) bond motifs is 2. The van der Waals surface area contributed by atoms with Crippen molar-refractivity contribution in [2.75, 3.05) is 6.61 Å². The smallest absolute Gasteiger partial charge is 0.351 e. The summed E-state index contributed by atoms with van der Waals surface area (Å²) in [6.45, 7) is 2.51. The van der Waals surface area contributed by atoms with Gasteiger partial charge in [-0.15, -0.1) is 0 Å². The highest BCUT2D eigenvalue weighted by atomic mass is 35.5. The lowest BCUT2D eigenvalue weighted by atomic mass is 10.1. The van der Waals surface area contributed by atoms with Crippen molar-refractivity contribution in [2.24, 2.45) is 0 Å². The zero-order valence-electron chi connectivity index (χ0n) is 11.1. The Morgan fingerprint density at radius 1 is 1.33 bits per heavy atom. The highest BCUT2D eigenvalue weighted by molar-refractivity contribution is 6.32. The van der Waals surface area contributed by atoms with Crippen LogP contribution in [0.3, 0.4) is 0 Å². The maximum atomic E-state index is 11.7. The molecule has 0 spiro atoms. The van der Waals surface area contributed by atoms with Gasteiger partial charge in [0.1, 0.15) is 16.9 Å². The van der Waals surface area contributed by atoms with E-state index >= 15 is 0 Å². The summed E-state index contributed by atoms with van der Waals surface area (Å²) in [7, 11) is 0. The van der Waals surface area contributed by atoms with Crippen LogP contribution in [-0.2, 0) is 0 Å². The topological polar surface area (TPSA) is 85.2 Å². The molecular formula is C14H11ClN2O4. The molecular weight excluding hydrogens is 296 g/mol. The fourth-order valence-electron chi connectivity index (χ4n) is 1.98. The second kappa shape index (κ2) is 5.21. The van der Waals surface area contributed by atoms with Crippen LogP contribution in [0, 0.1) is 0 Å². The molecule has 6 nitrogen and oxygen atoms in total. The highest BCUT2D eigenvalue weighted by Gasteiger charge is 2.15. The maximum absolute atomic E-state index is 11.7. The number of H-pyrrole nitrogens is 1. The van der Waals surface area contributed by atoms with Crippen LogP contribution in [0.1, 0.15) is 13.3 Å². The van der Waals surface area contributed by atoms with Gasteiger partial charge >= 0.3 is 5.69 Å². The summed E-state index contributed by atoms with van der Waals surface area (Å²) in [6, 6.07) is 4.85. The summed E-state index contributed by atoms with van der Waals surface area (Å²) in [5.41, 5.74) is -0.652. The van der Waals surface area contributed by atoms with Crippen molar-refractivity contribution in [2.45, 2.75) is 13.3 Å². The van der Waals surface area contributed by atoms with E-state index in [1.807, 2.05) is 6.92 Å². The second-order valence-corrected chi connectivity index (χ2v) is 4.91. The highest BCUT2D eigenvalue weighted by Crippen LogP contribution is 2.32. The average molecular weight is 307 g/mol. The number of aromatic nitrogens is 2. The van der Waals surface area contributed by atoms with E-state index in [0.29, 0.717) is 28.3 Å². The first kappa shape index (κ1) is 13.6. The van der Waals surface area contributed by atoms with Gasteiger partial charge in [0.05, 0.1) is 11.6 Å². The number of hydrogen-bond acceptors (Lipinski definition) is 5. The maximum Gasteiger partial charge on any atom is 0.351 e. The van der Waals surface area contributed by atoms with Crippen molar-refractivity contribution in [3.63, 3.8) is 0 Å². The van der Waals surface area contributed by atoms with Crippen LogP contribution in [-0.4, -0.2) is 16.6 Å². The Hall–Kier alpha value is -2.34. The number of aromatic amines is 1. The number of ether oxygens (including phenoxy) is 1. The van der Waals surface area contributed by atoms with Gasteiger partial charge < -0.3 is 9.15 Å². The third-order valence-electron chi connectivity index (χ3n) is 2.93. The summed E-state index contributed by atoms with van der Waals surface area (Å²) >= 11 is 6.14. The lowest BCUT2D eigenvalue weighted by molar-refractivity contribution is 0.317. The zero-order valence-corrected chi connectivity index (χ0v) is 11.9. The molecule has 0 aliphatic carbocycles. The minimum atomic E-state index is -0.744. The average Bonchev–Trinajstić information content (AvgIpc) is 2.43. The molecule has 2 heterocycles. The summed E-state index contributed by atoms with van der Waals surface area (Å²) in [5.74, 6) is 0.473. The standard InChI is InChI=1S/C14H11ClN2O4/c1-2-3-20-11-6-10-7(5-9(11)15)4-8-12(18)16-14(19)17-13(8)21-10/h4-6H,2-3H2,1H3,(H,16,18,19). The van der Waals surface area contributed by atoms with Crippen molar-refractivity contribution in [3.05, 3.63) is 44.1 Å². The van der Waals surface area contributed by atoms with Crippen LogP contribution in [0.25, 0.3) is 22.4 Å². The first-order valence-corrected chi connectivity index (χ1v) is 6.76. The summed E-state index contributed by atoms with van der Waals surface area (Å²) < 4.78 is 11.0. The Labute approximate surface area is 123 Å². The first-order valence-electron chi connectivity index (χ1n) is 6.38. The van der Waals surface area contributed by atoms with E-state index in [4.69, 9.17) is 20.8 Å². The van der Waals surface area contributed by atoms with E-state index in [-0.39, 0.29) is 11.5 Å². The first-order chi connectivity index (χ1) is 10.1. The lowest BCUT2D eigenvalue weighted by Crippen LogP contribution is -2.24. The largest absolute Gasteiger partial charge is 0.492 e. The molecule has 0 saturated carbocycles. The molecule has 1 aromatic rings. The van der Waals surface area contributed by atoms with Gasteiger partial charge in [-0.3, -0.25) is 9.78 Å². The van der Waals surface area contributed by atoms with Crippen molar-refractivity contribution < 1.29 is 9.15 Å². The van der Waals surface area contributed by atoms with Gasteiger partial charge in [0.2, 0.25) is 5.89 Å². The van der Waals surface area contributed by atoms with Crippen molar-refractivity contribution in [1.82, 2.24) is 9.97 Å². The molecule has 0 radical (unpaired) electrons. The van der Waals surface area contributed by atoms with Gasteiger partial charge in [0.25, 0.3) is 5.56 Å². The number of benzene rings is 1. The monoisotopic (exact) mass is 306 g/mol. The summed E-state index contributed by atoms with van der Waals surface area (Å²) in [6.07, 6.45) is 0.847. The Morgan fingerprint density at radius 3 is 2.90 bits per heavy atom. The van der Waals surface area contributed by atoms with Gasteiger partial charge in [-0.05, 0) is 18.6 Å². The van der Waals surface area contributed by atoms with Crippen molar-refractivity contribution in [3.8, 4) is 17.2 Å². The van der Waals surface area contributed by atoms with E-state index < -0.39 is 11.2 Å². The quantitative estimate of drug-likeness (QED) is 0.751. The van der Waals surface area contributed by atoms with Gasteiger partial charge in [-0.25, -0.2) is 4.79 Å². The molecule has 0 bridgehead atoms. The fraction of sp³-hybridized carbons (Fsp3) is 0.214. The summed E-state index contributed by atoms with van der Waals surface area (Å²) in [5, 5.41) is 1.05. The molecule has 108 valence electrons. The molecule has 0 fully saturated rings. The third-order valence-corrected chi connectivity index (χ3v) is 3.23. The Morgan fingerprint density at radius 2 is 2.14 bits per heavy atom. The van der Waals surface area contributed by atoms with Crippen LogP contribution >= 0.6 is 11.6 Å². The molecule has 1 aromatic carbocycles. The minimum Gasteiger partial charge on any atom is -0.492 e. The normalized spacial score (nSPS) is 11.1. The number of halogens is 1. The molecule has 0 saturated heterocycles. The SMILES string of the molecule is CCCOc1cc2oc3nc(=O)[nH]c(=O)c-3cc2cc1Cl. The molecule has 0 aromatic heterocycles. The Kier molecular flexibility index (Phi) is 3.39. The van der Waals surface area contributed by atoms with Crippen molar-refractivity contribution in [1.29, 1.82) is 0 Å². The van der Waals surface area contributed by atoms with Crippen LogP contribution in [0.15, 0.2) is 32.2 Å². The molecule has 0 atom stereocenters. The second-order valence-electron chi connectivity index (χ2n) is 4.51. The third kappa shape index (κ3) is 2.50. The molecule has 0 unspecified atom stereocenters. The molecule has 7 heteroatoms. The minimum absolute atomic E-state index is 0.0139. The van der Waals surface area contributed by atoms with E-state index in [9.17, 15) is 9.59 Å². The number of nitrogens with zero attached hydrogens (tertiary/aromatic N) is 1. The van der Waals surface area contributed by atoms with Crippen LogP contribution < -0.4 is 16.0 Å². The molecule has 1 N–H and O–H groups in total. The van der Waals surface area contributed by atoms with Gasteiger partial charge in [0.15, 0.2) is 0 Å².